The molecule has 21 heavy (non-hydrogen) atoms. The van der Waals surface area contributed by atoms with Gasteiger partial charge < -0.3 is 10.5 Å². The van der Waals surface area contributed by atoms with Crippen LogP contribution in [0.4, 0.5) is 0 Å². The molecule has 118 valence electrons. The molecule has 1 aromatic rings. The first-order valence-electron chi connectivity index (χ1n) is 7.29. The molecular formula is C15H24N2O3S. The third-order valence-corrected chi connectivity index (χ3v) is 5.91. The van der Waals surface area contributed by atoms with Crippen LogP contribution in [-0.4, -0.2) is 39.5 Å². The van der Waals surface area contributed by atoms with Gasteiger partial charge in [-0.05, 0) is 42.9 Å². The number of likely N-dealkylation sites (N-methyl/N-ethyl adjacent to an activating group) is 1. The lowest BCUT2D eigenvalue weighted by molar-refractivity contribution is 0.117. The van der Waals surface area contributed by atoms with Crippen LogP contribution < -0.4 is 5.73 Å². The molecule has 0 saturated heterocycles. The smallest absolute Gasteiger partial charge is 0.243 e. The van der Waals surface area contributed by atoms with Gasteiger partial charge in [0.25, 0.3) is 0 Å². The fourth-order valence-corrected chi connectivity index (χ4v) is 3.60. The van der Waals surface area contributed by atoms with Crippen molar-refractivity contribution in [3.05, 3.63) is 29.3 Å². The summed E-state index contributed by atoms with van der Waals surface area (Å²) >= 11 is 0. The van der Waals surface area contributed by atoms with E-state index in [0.717, 1.165) is 17.7 Å². The first kappa shape index (κ1) is 16.4. The summed E-state index contributed by atoms with van der Waals surface area (Å²) in [6, 6.07) is 5.22. The Bertz CT molecular complexity index is 583. The van der Waals surface area contributed by atoms with E-state index in [1.165, 1.54) is 17.1 Å². The highest BCUT2D eigenvalue weighted by atomic mass is 32.2. The maximum Gasteiger partial charge on any atom is 0.243 e. The number of sulfonamides is 1. The summed E-state index contributed by atoms with van der Waals surface area (Å²) in [4.78, 5) is 0.329. The molecule has 5 nitrogen and oxygen atoms in total. The minimum absolute atomic E-state index is 0.329. The Hall–Kier alpha value is -0.950. The van der Waals surface area contributed by atoms with E-state index in [1.54, 1.807) is 26.1 Å². The van der Waals surface area contributed by atoms with Gasteiger partial charge in [-0.25, -0.2) is 8.42 Å². The molecule has 1 aromatic carbocycles. The van der Waals surface area contributed by atoms with Crippen molar-refractivity contribution >= 4 is 10.0 Å². The predicted octanol–water partition coefficient (Wildman–Crippen LogP) is 1.50. The molecule has 0 atom stereocenters. The second kappa shape index (κ2) is 6.87. The van der Waals surface area contributed by atoms with Crippen molar-refractivity contribution in [3.63, 3.8) is 0 Å². The normalized spacial score (nSPS) is 15.6. The average Bonchev–Trinajstić information content (AvgIpc) is 3.27. The van der Waals surface area contributed by atoms with Crippen LogP contribution in [0, 0.1) is 12.8 Å². The number of rotatable bonds is 8. The minimum atomic E-state index is -3.49. The average molecular weight is 312 g/mol. The van der Waals surface area contributed by atoms with Crippen LogP contribution in [0.5, 0.6) is 0 Å². The molecule has 0 radical (unpaired) electrons. The van der Waals surface area contributed by atoms with Gasteiger partial charge >= 0.3 is 0 Å². The minimum Gasteiger partial charge on any atom is -0.380 e. The van der Waals surface area contributed by atoms with Gasteiger partial charge in [0.1, 0.15) is 0 Å². The Kier molecular flexibility index (Phi) is 5.37. The highest BCUT2D eigenvalue weighted by Gasteiger charge is 2.24. The zero-order valence-corrected chi connectivity index (χ0v) is 13.5. The van der Waals surface area contributed by atoms with Crippen LogP contribution >= 0.6 is 0 Å². The van der Waals surface area contributed by atoms with Crippen molar-refractivity contribution in [2.45, 2.75) is 31.2 Å². The molecule has 1 fully saturated rings. The van der Waals surface area contributed by atoms with E-state index in [-0.39, 0.29) is 0 Å². The Balaban J connectivity index is 2.01. The van der Waals surface area contributed by atoms with Crippen molar-refractivity contribution in [3.8, 4) is 0 Å². The van der Waals surface area contributed by atoms with Crippen molar-refractivity contribution in [2.75, 3.05) is 26.8 Å². The molecule has 0 unspecified atom stereocenters. The van der Waals surface area contributed by atoms with E-state index < -0.39 is 10.0 Å². The lowest BCUT2D eigenvalue weighted by Crippen LogP contribution is -2.31. The quantitative estimate of drug-likeness (QED) is 0.738. The Labute approximate surface area is 127 Å². The summed E-state index contributed by atoms with van der Waals surface area (Å²) in [5.74, 6) is 0.690. The van der Waals surface area contributed by atoms with Crippen molar-refractivity contribution < 1.29 is 13.2 Å². The number of nitrogens with zero attached hydrogens (tertiary/aromatic N) is 1. The first-order chi connectivity index (χ1) is 9.96. The Morgan fingerprint density at radius 1 is 1.38 bits per heavy atom. The SMILES string of the molecule is Cc1c(CN)cccc1S(=O)(=O)N(C)CCOCC1CC1. The van der Waals surface area contributed by atoms with Gasteiger partial charge in [-0.1, -0.05) is 12.1 Å². The van der Waals surface area contributed by atoms with E-state index in [2.05, 4.69) is 0 Å². The molecule has 0 heterocycles. The van der Waals surface area contributed by atoms with Crippen LogP contribution in [0.3, 0.4) is 0 Å². The highest BCUT2D eigenvalue weighted by molar-refractivity contribution is 7.89. The summed E-state index contributed by atoms with van der Waals surface area (Å²) in [5, 5.41) is 0. The number of benzene rings is 1. The third kappa shape index (κ3) is 4.03. The zero-order chi connectivity index (χ0) is 15.5. The molecule has 2 rings (SSSR count). The zero-order valence-electron chi connectivity index (χ0n) is 12.7. The first-order valence-corrected chi connectivity index (χ1v) is 8.73. The van der Waals surface area contributed by atoms with Gasteiger partial charge in [0.15, 0.2) is 0 Å². The maximum atomic E-state index is 12.6. The van der Waals surface area contributed by atoms with Crippen LogP contribution in [0.2, 0.25) is 0 Å². The van der Waals surface area contributed by atoms with E-state index in [9.17, 15) is 8.42 Å². The maximum absolute atomic E-state index is 12.6. The predicted molar refractivity (Wildman–Crippen MR) is 82.4 cm³/mol. The third-order valence-electron chi connectivity index (χ3n) is 3.91. The fraction of sp³-hybridized carbons (Fsp3) is 0.600. The van der Waals surface area contributed by atoms with E-state index >= 15 is 0 Å². The molecule has 6 heteroatoms. The summed E-state index contributed by atoms with van der Waals surface area (Å²) in [7, 11) is -1.90. The number of ether oxygens (including phenoxy) is 1. The molecule has 2 N–H and O–H groups in total. The van der Waals surface area contributed by atoms with E-state index in [0.29, 0.717) is 30.5 Å². The van der Waals surface area contributed by atoms with Gasteiger partial charge in [-0.2, -0.15) is 4.31 Å². The number of nitrogens with two attached hydrogens (primary N) is 1. The number of hydrogen-bond acceptors (Lipinski definition) is 4. The molecule has 0 spiro atoms. The van der Waals surface area contributed by atoms with Crippen molar-refractivity contribution in [1.29, 1.82) is 0 Å². The molecule has 1 aliphatic rings. The Morgan fingerprint density at radius 2 is 2.10 bits per heavy atom. The summed E-state index contributed by atoms with van der Waals surface area (Å²) < 4.78 is 32.0. The van der Waals surface area contributed by atoms with Crippen LogP contribution in [-0.2, 0) is 21.3 Å². The lowest BCUT2D eigenvalue weighted by atomic mass is 10.1. The highest BCUT2D eigenvalue weighted by Crippen LogP contribution is 2.28. The second-order valence-corrected chi connectivity index (χ2v) is 7.60. The molecular weight excluding hydrogens is 288 g/mol. The molecule has 0 bridgehead atoms. The molecule has 0 amide bonds. The van der Waals surface area contributed by atoms with Gasteiger partial charge in [0, 0.05) is 26.7 Å². The second-order valence-electron chi connectivity index (χ2n) is 5.59. The topological polar surface area (TPSA) is 72.6 Å². The summed E-state index contributed by atoms with van der Waals surface area (Å²) in [6.07, 6.45) is 2.47. The van der Waals surface area contributed by atoms with Crippen LogP contribution in [0.15, 0.2) is 23.1 Å². The molecule has 1 aliphatic carbocycles. The van der Waals surface area contributed by atoms with Gasteiger partial charge in [-0.3, -0.25) is 0 Å². The van der Waals surface area contributed by atoms with E-state index in [4.69, 9.17) is 10.5 Å². The van der Waals surface area contributed by atoms with E-state index in [1.807, 2.05) is 6.07 Å². The molecule has 0 aliphatic heterocycles. The lowest BCUT2D eigenvalue weighted by Gasteiger charge is -2.19. The Morgan fingerprint density at radius 3 is 2.71 bits per heavy atom. The van der Waals surface area contributed by atoms with Crippen molar-refractivity contribution in [2.24, 2.45) is 11.7 Å². The van der Waals surface area contributed by atoms with Gasteiger partial charge in [0.2, 0.25) is 10.0 Å². The standard InChI is InChI=1S/C15H24N2O3S/c1-12-14(10-16)4-3-5-15(12)21(18,19)17(2)8-9-20-11-13-6-7-13/h3-5,13H,6-11,16H2,1-2H3. The molecule has 0 aromatic heterocycles. The van der Waals surface area contributed by atoms with Crippen LogP contribution in [0.1, 0.15) is 24.0 Å². The largest absolute Gasteiger partial charge is 0.380 e. The summed E-state index contributed by atoms with van der Waals surface area (Å²) in [6.45, 7) is 3.68. The fourth-order valence-electron chi connectivity index (χ4n) is 2.18. The van der Waals surface area contributed by atoms with Crippen molar-refractivity contribution in [1.82, 2.24) is 4.31 Å². The summed E-state index contributed by atoms with van der Waals surface area (Å²) in [5.41, 5.74) is 7.23. The van der Waals surface area contributed by atoms with Gasteiger partial charge in [-0.15, -0.1) is 0 Å². The van der Waals surface area contributed by atoms with Gasteiger partial charge in [0.05, 0.1) is 11.5 Å². The number of hydrogen-bond donors (Lipinski definition) is 1. The monoisotopic (exact) mass is 312 g/mol. The van der Waals surface area contributed by atoms with Crippen LogP contribution in [0.25, 0.3) is 0 Å². The molecule has 1 saturated carbocycles.